The van der Waals surface area contributed by atoms with Gasteiger partial charge in [0, 0.05) is 25.3 Å². The Hall–Kier alpha value is -1.48. The molecule has 2 N–H and O–H groups in total. The molecule has 144 valence electrons. The largest absolute Gasteiger partial charge is 0.328 e. The molecule has 0 spiro atoms. The van der Waals surface area contributed by atoms with Crippen LogP contribution in [0, 0.1) is 18.7 Å². The number of benzene rings is 1. The van der Waals surface area contributed by atoms with Crippen LogP contribution in [-0.2, 0) is 10.0 Å². The fourth-order valence-electron chi connectivity index (χ4n) is 3.17. The highest BCUT2D eigenvalue weighted by atomic mass is 35.5. The summed E-state index contributed by atoms with van der Waals surface area (Å²) in [6.07, 6.45) is 4.76. The van der Waals surface area contributed by atoms with Gasteiger partial charge < -0.3 is 5.73 Å². The summed E-state index contributed by atoms with van der Waals surface area (Å²) < 4.78 is 42.8. The monoisotopic (exact) mass is 402 g/mol. The molecule has 0 saturated carbocycles. The highest BCUT2D eigenvalue weighted by Gasteiger charge is 2.31. The molecular formula is C17H24ClFN4O2S. The van der Waals surface area contributed by atoms with Crippen molar-refractivity contribution in [3.8, 4) is 5.69 Å². The van der Waals surface area contributed by atoms with Crippen molar-refractivity contribution < 1.29 is 12.8 Å². The quantitative estimate of drug-likeness (QED) is 0.851. The maximum Gasteiger partial charge on any atom is 0.243 e. The minimum absolute atomic E-state index is 0. The molecule has 0 aliphatic carbocycles. The maximum atomic E-state index is 14.5. The third-order valence-electron chi connectivity index (χ3n) is 4.76. The number of nitrogens with two attached hydrogens (primary N) is 1. The Balaban J connectivity index is 0.00000243. The van der Waals surface area contributed by atoms with Crippen molar-refractivity contribution >= 4 is 22.4 Å². The molecule has 1 aliphatic heterocycles. The molecule has 1 fully saturated rings. The molecular weight excluding hydrogens is 379 g/mol. The van der Waals surface area contributed by atoms with E-state index in [0.29, 0.717) is 19.0 Å². The van der Waals surface area contributed by atoms with Gasteiger partial charge in [-0.3, -0.25) is 0 Å². The van der Waals surface area contributed by atoms with E-state index < -0.39 is 15.8 Å². The molecule has 1 aromatic carbocycles. The number of hydrogen-bond acceptors (Lipinski definition) is 4. The summed E-state index contributed by atoms with van der Waals surface area (Å²) in [5, 5.41) is 4.06. The smallest absolute Gasteiger partial charge is 0.243 e. The Morgan fingerprint density at radius 2 is 1.96 bits per heavy atom. The Kier molecular flexibility index (Phi) is 6.44. The van der Waals surface area contributed by atoms with Crippen LogP contribution in [0.15, 0.2) is 35.5 Å². The van der Waals surface area contributed by atoms with Gasteiger partial charge in [-0.2, -0.15) is 9.40 Å². The number of halogens is 2. The number of hydrogen-bond donors (Lipinski definition) is 1. The van der Waals surface area contributed by atoms with Gasteiger partial charge in [0.1, 0.15) is 11.5 Å². The molecule has 0 radical (unpaired) electrons. The fraction of sp³-hybridized carbons (Fsp3) is 0.471. The molecule has 3 rings (SSSR count). The van der Waals surface area contributed by atoms with E-state index in [0.717, 1.165) is 24.5 Å². The average molecular weight is 403 g/mol. The van der Waals surface area contributed by atoms with Crippen molar-refractivity contribution in [1.29, 1.82) is 0 Å². The standard InChI is InChI=1S/C17H23FN4O2S.ClH/c1-12-10-20-22(11-12)17-4-3-15(9-16(17)18)25(23,24)21-7-5-14(6-8-21)13(2)19;/h3-4,9-11,13-14H,5-8,19H2,1-2H3;1H. The van der Waals surface area contributed by atoms with Crippen molar-refractivity contribution in [3.05, 3.63) is 42.0 Å². The summed E-state index contributed by atoms with van der Waals surface area (Å²) in [4.78, 5) is -0.0307. The zero-order chi connectivity index (χ0) is 18.2. The molecule has 1 aromatic heterocycles. The van der Waals surface area contributed by atoms with Crippen molar-refractivity contribution in [3.63, 3.8) is 0 Å². The summed E-state index contributed by atoms with van der Waals surface area (Å²) in [5.74, 6) is -0.289. The third kappa shape index (κ3) is 4.09. The highest BCUT2D eigenvalue weighted by Crippen LogP contribution is 2.26. The molecule has 1 aliphatic rings. The van der Waals surface area contributed by atoms with Crippen molar-refractivity contribution in [2.24, 2.45) is 11.7 Å². The Bertz CT molecular complexity index is 861. The number of sulfonamides is 1. The molecule has 1 saturated heterocycles. The predicted molar refractivity (Wildman–Crippen MR) is 101 cm³/mol. The highest BCUT2D eigenvalue weighted by molar-refractivity contribution is 7.89. The first-order valence-corrected chi connectivity index (χ1v) is 9.80. The first kappa shape index (κ1) is 20.8. The zero-order valence-electron chi connectivity index (χ0n) is 14.8. The van der Waals surface area contributed by atoms with Gasteiger partial charge in [-0.15, -0.1) is 12.4 Å². The van der Waals surface area contributed by atoms with E-state index in [1.54, 1.807) is 12.4 Å². The lowest BCUT2D eigenvalue weighted by Crippen LogP contribution is -2.42. The van der Waals surface area contributed by atoms with E-state index in [4.69, 9.17) is 5.73 Å². The topological polar surface area (TPSA) is 81.2 Å². The summed E-state index contributed by atoms with van der Waals surface area (Å²) in [6.45, 7) is 4.62. The number of rotatable bonds is 4. The van der Waals surface area contributed by atoms with Crippen molar-refractivity contribution in [1.82, 2.24) is 14.1 Å². The van der Waals surface area contributed by atoms with Gasteiger partial charge in [-0.05, 0) is 56.4 Å². The average Bonchev–Trinajstić information content (AvgIpc) is 3.01. The Morgan fingerprint density at radius 3 is 2.46 bits per heavy atom. The van der Waals surface area contributed by atoms with Crippen LogP contribution in [0.3, 0.4) is 0 Å². The minimum atomic E-state index is -3.70. The second-order valence-electron chi connectivity index (χ2n) is 6.68. The predicted octanol–water partition coefficient (Wildman–Crippen LogP) is 2.49. The van der Waals surface area contributed by atoms with Gasteiger partial charge in [-0.25, -0.2) is 17.5 Å². The van der Waals surface area contributed by atoms with Crippen LogP contribution < -0.4 is 5.73 Å². The lowest BCUT2D eigenvalue weighted by atomic mass is 9.92. The summed E-state index contributed by atoms with van der Waals surface area (Å²) >= 11 is 0. The first-order valence-electron chi connectivity index (χ1n) is 8.36. The zero-order valence-corrected chi connectivity index (χ0v) is 16.4. The van der Waals surface area contributed by atoms with Gasteiger partial charge in [0.2, 0.25) is 10.0 Å². The summed E-state index contributed by atoms with van der Waals surface area (Å²) in [7, 11) is -3.70. The van der Waals surface area contributed by atoms with Gasteiger partial charge in [0.15, 0.2) is 0 Å². The van der Waals surface area contributed by atoms with E-state index in [9.17, 15) is 12.8 Å². The SMILES string of the molecule is Cc1cnn(-c2ccc(S(=O)(=O)N3CCC(C(C)N)CC3)cc2F)c1.Cl. The number of piperidine rings is 1. The van der Waals surface area contributed by atoms with Gasteiger partial charge in [0.05, 0.1) is 11.1 Å². The molecule has 0 amide bonds. The third-order valence-corrected chi connectivity index (χ3v) is 6.65. The summed E-state index contributed by atoms with van der Waals surface area (Å²) in [5.41, 5.74) is 7.02. The molecule has 26 heavy (non-hydrogen) atoms. The van der Waals surface area contributed by atoms with E-state index in [1.165, 1.54) is 21.1 Å². The van der Waals surface area contributed by atoms with E-state index in [2.05, 4.69) is 5.10 Å². The molecule has 2 aromatic rings. The van der Waals surface area contributed by atoms with Crippen LogP contribution in [0.1, 0.15) is 25.3 Å². The number of nitrogens with zero attached hydrogens (tertiary/aromatic N) is 3. The van der Waals surface area contributed by atoms with E-state index in [-0.39, 0.29) is 29.0 Å². The molecule has 0 bridgehead atoms. The van der Waals surface area contributed by atoms with Gasteiger partial charge >= 0.3 is 0 Å². The molecule has 1 atom stereocenters. The van der Waals surface area contributed by atoms with Crippen LogP contribution in [-0.4, -0.2) is 41.6 Å². The van der Waals surface area contributed by atoms with E-state index in [1.807, 2.05) is 13.8 Å². The normalized spacial score (nSPS) is 17.7. The lowest BCUT2D eigenvalue weighted by molar-refractivity contribution is 0.250. The molecule has 6 nitrogen and oxygen atoms in total. The first-order chi connectivity index (χ1) is 11.8. The van der Waals surface area contributed by atoms with Gasteiger partial charge in [-0.1, -0.05) is 0 Å². The van der Waals surface area contributed by atoms with Crippen LogP contribution in [0.5, 0.6) is 0 Å². The lowest BCUT2D eigenvalue weighted by Gasteiger charge is -2.32. The maximum absolute atomic E-state index is 14.5. The van der Waals surface area contributed by atoms with Crippen LogP contribution in [0.25, 0.3) is 5.69 Å². The van der Waals surface area contributed by atoms with Gasteiger partial charge in [0.25, 0.3) is 0 Å². The minimum Gasteiger partial charge on any atom is -0.328 e. The van der Waals surface area contributed by atoms with Crippen LogP contribution in [0.4, 0.5) is 4.39 Å². The Morgan fingerprint density at radius 1 is 1.31 bits per heavy atom. The fourth-order valence-corrected chi connectivity index (χ4v) is 4.65. The molecule has 1 unspecified atom stereocenters. The van der Waals surface area contributed by atoms with Crippen LogP contribution in [0.2, 0.25) is 0 Å². The second kappa shape index (κ2) is 8.04. The molecule has 2 heterocycles. The van der Waals surface area contributed by atoms with E-state index >= 15 is 0 Å². The Labute approximate surface area is 159 Å². The number of aryl methyl sites for hydroxylation is 1. The molecule has 9 heteroatoms. The van der Waals surface area contributed by atoms with Crippen molar-refractivity contribution in [2.75, 3.05) is 13.1 Å². The van der Waals surface area contributed by atoms with Crippen LogP contribution >= 0.6 is 12.4 Å². The number of aromatic nitrogens is 2. The second-order valence-corrected chi connectivity index (χ2v) is 8.61. The summed E-state index contributed by atoms with van der Waals surface area (Å²) in [6, 6.07) is 4.00. The van der Waals surface area contributed by atoms with Crippen molar-refractivity contribution in [2.45, 2.75) is 37.6 Å².